The van der Waals surface area contributed by atoms with E-state index in [4.69, 9.17) is 15.2 Å². The van der Waals surface area contributed by atoms with E-state index in [0.29, 0.717) is 31.3 Å². The largest absolute Gasteiger partial charge is 0.486 e. The Morgan fingerprint density at radius 1 is 1.14 bits per heavy atom. The first-order chi connectivity index (χ1) is 10.0. The van der Waals surface area contributed by atoms with E-state index >= 15 is 0 Å². The lowest BCUT2D eigenvalue weighted by molar-refractivity contribution is 0.171. The van der Waals surface area contributed by atoms with E-state index in [1.54, 1.807) is 6.07 Å². The third-order valence-electron chi connectivity index (χ3n) is 4.13. The average Bonchev–Trinajstić information content (AvgIpc) is 2.95. The highest BCUT2D eigenvalue weighted by molar-refractivity contribution is 7.89. The molecule has 1 fully saturated rings. The number of rotatable bonds is 4. The number of benzene rings is 1. The highest BCUT2D eigenvalue weighted by Crippen LogP contribution is 2.34. The van der Waals surface area contributed by atoms with Gasteiger partial charge in [0.15, 0.2) is 11.5 Å². The second-order valence-corrected chi connectivity index (χ2v) is 7.28. The summed E-state index contributed by atoms with van der Waals surface area (Å²) in [4.78, 5) is 0.187. The van der Waals surface area contributed by atoms with Crippen LogP contribution in [0.3, 0.4) is 0 Å². The molecule has 0 atom stereocenters. The Kier molecular flexibility index (Phi) is 5.21. The zero-order valence-corrected chi connectivity index (χ0v) is 13.8. The fourth-order valence-corrected chi connectivity index (χ4v) is 4.42. The zero-order valence-electron chi connectivity index (χ0n) is 12.2. The quantitative estimate of drug-likeness (QED) is 0.859. The zero-order chi connectivity index (χ0) is 14.9. The highest BCUT2D eigenvalue weighted by atomic mass is 35.5. The van der Waals surface area contributed by atoms with Crippen molar-refractivity contribution in [1.82, 2.24) is 4.72 Å². The van der Waals surface area contributed by atoms with Crippen LogP contribution in [0.25, 0.3) is 0 Å². The summed E-state index contributed by atoms with van der Waals surface area (Å²) >= 11 is 0. The first-order valence-electron chi connectivity index (χ1n) is 7.18. The van der Waals surface area contributed by atoms with E-state index in [-0.39, 0.29) is 17.3 Å². The van der Waals surface area contributed by atoms with E-state index in [2.05, 4.69) is 4.72 Å². The van der Waals surface area contributed by atoms with Crippen molar-refractivity contribution >= 4 is 22.4 Å². The van der Waals surface area contributed by atoms with Gasteiger partial charge in [-0.25, -0.2) is 13.1 Å². The van der Waals surface area contributed by atoms with Crippen LogP contribution in [0.1, 0.15) is 25.7 Å². The molecule has 124 valence electrons. The van der Waals surface area contributed by atoms with Gasteiger partial charge in [0.05, 0.1) is 4.90 Å². The Morgan fingerprint density at radius 2 is 1.77 bits per heavy atom. The molecule has 1 heterocycles. The number of nitrogens with one attached hydrogen (secondary N) is 1. The first-order valence-corrected chi connectivity index (χ1v) is 8.67. The first kappa shape index (κ1) is 17.3. The smallest absolute Gasteiger partial charge is 0.241 e. The van der Waals surface area contributed by atoms with Crippen LogP contribution in [0.4, 0.5) is 0 Å². The number of sulfonamides is 1. The minimum absolute atomic E-state index is 0. The molecule has 1 aliphatic heterocycles. The van der Waals surface area contributed by atoms with E-state index in [1.807, 2.05) is 0 Å². The van der Waals surface area contributed by atoms with Gasteiger partial charge in [-0.05, 0) is 25.0 Å². The highest BCUT2D eigenvalue weighted by Gasteiger charge is 2.37. The third-order valence-corrected chi connectivity index (χ3v) is 5.70. The number of fused-ring (bicyclic) bond motifs is 1. The summed E-state index contributed by atoms with van der Waals surface area (Å²) in [6, 6.07) is 4.68. The molecule has 1 aromatic rings. The molecule has 3 N–H and O–H groups in total. The van der Waals surface area contributed by atoms with Crippen LogP contribution in [0.15, 0.2) is 23.1 Å². The van der Waals surface area contributed by atoms with Crippen LogP contribution in [0, 0.1) is 0 Å². The van der Waals surface area contributed by atoms with E-state index < -0.39 is 15.6 Å². The summed E-state index contributed by atoms with van der Waals surface area (Å²) in [5.41, 5.74) is 5.29. The van der Waals surface area contributed by atoms with Gasteiger partial charge < -0.3 is 15.2 Å². The molecule has 3 rings (SSSR count). The van der Waals surface area contributed by atoms with Crippen molar-refractivity contribution in [3.05, 3.63) is 18.2 Å². The van der Waals surface area contributed by atoms with Gasteiger partial charge in [0.2, 0.25) is 10.0 Å². The second-order valence-electron chi connectivity index (χ2n) is 5.60. The molecule has 0 unspecified atom stereocenters. The minimum atomic E-state index is -3.61. The SMILES string of the molecule is Cl.NCC1(NS(=O)(=O)c2ccc3c(c2)OCCO3)CCCC1. The van der Waals surface area contributed by atoms with Crippen molar-refractivity contribution in [2.75, 3.05) is 19.8 Å². The minimum Gasteiger partial charge on any atom is -0.486 e. The summed E-state index contributed by atoms with van der Waals surface area (Å²) in [5, 5.41) is 0. The van der Waals surface area contributed by atoms with Gasteiger partial charge in [0.1, 0.15) is 13.2 Å². The van der Waals surface area contributed by atoms with Gasteiger partial charge in [0.25, 0.3) is 0 Å². The van der Waals surface area contributed by atoms with Crippen molar-refractivity contribution in [2.24, 2.45) is 5.73 Å². The predicted octanol–water partition coefficient (Wildman–Crippen LogP) is 1.43. The van der Waals surface area contributed by atoms with Gasteiger partial charge in [-0.1, -0.05) is 12.8 Å². The number of ether oxygens (including phenoxy) is 2. The molecule has 0 spiro atoms. The fraction of sp³-hybridized carbons (Fsp3) is 0.571. The van der Waals surface area contributed by atoms with Gasteiger partial charge in [-0.15, -0.1) is 12.4 Å². The molecule has 0 bridgehead atoms. The van der Waals surface area contributed by atoms with Crippen LogP contribution in [-0.2, 0) is 10.0 Å². The van der Waals surface area contributed by atoms with Gasteiger partial charge in [0, 0.05) is 18.2 Å². The molecule has 22 heavy (non-hydrogen) atoms. The summed E-state index contributed by atoms with van der Waals surface area (Å²) in [7, 11) is -3.61. The predicted molar refractivity (Wildman–Crippen MR) is 85.3 cm³/mol. The van der Waals surface area contributed by atoms with E-state index in [0.717, 1.165) is 25.7 Å². The van der Waals surface area contributed by atoms with Gasteiger partial charge in [-0.2, -0.15) is 0 Å². The Bertz CT molecular complexity index is 630. The molecular formula is C14H21ClN2O4S. The third kappa shape index (κ3) is 3.32. The summed E-state index contributed by atoms with van der Waals surface area (Å²) in [6.45, 7) is 1.22. The van der Waals surface area contributed by atoms with E-state index in [9.17, 15) is 8.42 Å². The maximum atomic E-state index is 12.6. The maximum Gasteiger partial charge on any atom is 0.241 e. The monoisotopic (exact) mass is 348 g/mol. The molecule has 0 radical (unpaired) electrons. The Labute approximate surface area is 136 Å². The van der Waals surface area contributed by atoms with Crippen LogP contribution in [0.5, 0.6) is 11.5 Å². The van der Waals surface area contributed by atoms with Crippen molar-refractivity contribution in [2.45, 2.75) is 36.1 Å². The summed E-state index contributed by atoms with van der Waals surface area (Å²) < 4.78 is 38.8. The Hall–Kier alpha value is -1.02. The van der Waals surface area contributed by atoms with Gasteiger partial charge >= 0.3 is 0 Å². The molecule has 6 nitrogen and oxygen atoms in total. The summed E-state index contributed by atoms with van der Waals surface area (Å²) in [5.74, 6) is 1.05. The molecule has 0 amide bonds. The van der Waals surface area contributed by atoms with Crippen LogP contribution < -0.4 is 19.9 Å². The molecule has 1 aromatic carbocycles. The molecule has 2 aliphatic rings. The van der Waals surface area contributed by atoms with Crippen LogP contribution in [0.2, 0.25) is 0 Å². The van der Waals surface area contributed by atoms with Crippen molar-refractivity contribution in [1.29, 1.82) is 0 Å². The Balaban J connectivity index is 0.00000176. The number of hydrogen-bond acceptors (Lipinski definition) is 5. The molecule has 0 aromatic heterocycles. The maximum absolute atomic E-state index is 12.6. The molecular weight excluding hydrogens is 328 g/mol. The van der Waals surface area contributed by atoms with Gasteiger partial charge in [-0.3, -0.25) is 0 Å². The van der Waals surface area contributed by atoms with E-state index in [1.165, 1.54) is 12.1 Å². The normalized spacial score (nSPS) is 19.5. The lowest BCUT2D eigenvalue weighted by Gasteiger charge is -2.28. The Morgan fingerprint density at radius 3 is 2.41 bits per heavy atom. The number of hydrogen-bond donors (Lipinski definition) is 2. The fourth-order valence-electron chi connectivity index (χ4n) is 2.93. The molecule has 0 saturated heterocycles. The molecule has 1 aliphatic carbocycles. The summed E-state index contributed by atoms with van der Waals surface area (Å²) in [6.07, 6.45) is 3.57. The lowest BCUT2D eigenvalue weighted by atomic mass is 10.0. The number of nitrogens with two attached hydrogens (primary N) is 1. The van der Waals surface area contributed by atoms with Crippen molar-refractivity contribution in [3.8, 4) is 11.5 Å². The van der Waals surface area contributed by atoms with Crippen molar-refractivity contribution < 1.29 is 17.9 Å². The molecule has 1 saturated carbocycles. The lowest BCUT2D eigenvalue weighted by Crippen LogP contribution is -2.51. The topological polar surface area (TPSA) is 90.7 Å². The molecule has 8 heteroatoms. The second kappa shape index (κ2) is 6.62. The van der Waals surface area contributed by atoms with Crippen molar-refractivity contribution in [3.63, 3.8) is 0 Å². The average molecular weight is 349 g/mol. The van der Waals surface area contributed by atoms with Crippen LogP contribution >= 0.6 is 12.4 Å². The number of halogens is 1. The van der Waals surface area contributed by atoms with Crippen LogP contribution in [-0.4, -0.2) is 33.7 Å². The standard InChI is InChI=1S/C14H20N2O4S.ClH/c15-10-14(5-1-2-6-14)16-21(17,18)11-3-4-12-13(9-11)20-8-7-19-12;/h3-4,9,16H,1-2,5-8,10,15H2;1H.